The van der Waals surface area contributed by atoms with E-state index in [9.17, 15) is 4.79 Å². The van der Waals surface area contributed by atoms with Crippen LogP contribution in [0.5, 0.6) is 5.75 Å². The Kier molecular flexibility index (Phi) is 4.52. The van der Waals surface area contributed by atoms with Crippen molar-refractivity contribution >= 4 is 21.8 Å². The molecule has 1 N–H and O–H groups in total. The summed E-state index contributed by atoms with van der Waals surface area (Å²) >= 11 is 3.44. The molecule has 1 amide bonds. The first-order valence-electron chi connectivity index (χ1n) is 5.72. The van der Waals surface area contributed by atoms with Crippen LogP contribution in [0.2, 0.25) is 0 Å². The normalized spacial score (nSPS) is 10.0. The fraction of sp³-hybridized carbons (Fsp3) is 0.143. The fourth-order valence-corrected chi connectivity index (χ4v) is 1.96. The van der Waals surface area contributed by atoms with E-state index in [1.165, 1.54) is 0 Å². The SMILES string of the molecule is COc1ccc(Br)c(CNC(=O)c2ccccn2)c1. The van der Waals surface area contributed by atoms with Crippen LogP contribution >= 0.6 is 15.9 Å². The topological polar surface area (TPSA) is 51.2 Å². The predicted octanol–water partition coefficient (Wildman–Crippen LogP) is 2.78. The number of amides is 1. The predicted molar refractivity (Wildman–Crippen MR) is 76.1 cm³/mol. The Bertz CT molecular complexity index is 573. The Labute approximate surface area is 119 Å². The van der Waals surface area contributed by atoms with Gasteiger partial charge in [0, 0.05) is 17.2 Å². The van der Waals surface area contributed by atoms with Crippen molar-refractivity contribution in [1.82, 2.24) is 10.3 Å². The van der Waals surface area contributed by atoms with E-state index < -0.39 is 0 Å². The van der Waals surface area contributed by atoms with Gasteiger partial charge < -0.3 is 10.1 Å². The summed E-state index contributed by atoms with van der Waals surface area (Å²) in [6.07, 6.45) is 1.59. The molecule has 98 valence electrons. The monoisotopic (exact) mass is 320 g/mol. The first kappa shape index (κ1) is 13.5. The lowest BCUT2D eigenvalue weighted by atomic mass is 10.2. The number of carbonyl (C=O) groups excluding carboxylic acids is 1. The van der Waals surface area contributed by atoms with Gasteiger partial charge in [0.05, 0.1) is 7.11 Å². The van der Waals surface area contributed by atoms with Gasteiger partial charge in [-0.3, -0.25) is 9.78 Å². The molecule has 0 atom stereocenters. The van der Waals surface area contributed by atoms with E-state index >= 15 is 0 Å². The lowest BCUT2D eigenvalue weighted by molar-refractivity contribution is 0.0946. The standard InChI is InChI=1S/C14H13BrN2O2/c1-19-11-5-6-12(15)10(8-11)9-17-14(18)13-4-2-3-7-16-13/h2-8H,9H2,1H3,(H,17,18). The average molecular weight is 321 g/mol. The van der Waals surface area contributed by atoms with Crippen molar-refractivity contribution in [2.24, 2.45) is 0 Å². The highest BCUT2D eigenvalue weighted by atomic mass is 79.9. The van der Waals surface area contributed by atoms with Crippen LogP contribution in [-0.2, 0) is 6.54 Å². The maximum atomic E-state index is 11.9. The van der Waals surface area contributed by atoms with Crippen LogP contribution in [0.15, 0.2) is 47.1 Å². The highest BCUT2D eigenvalue weighted by Gasteiger charge is 2.07. The molecule has 0 saturated carbocycles. The van der Waals surface area contributed by atoms with E-state index in [1.807, 2.05) is 18.2 Å². The van der Waals surface area contributed by atoms with Gasteiger partial charge in [0.2, 0.25) is 0 Å². The second-order valence-electron chi connectivity index (χ2n) is 3.85. The zero-order chi connectivity index (χ0) is 13.7. The highest BCUT2D eigenvalue weighted by Crippen LogP contribution is 2.22. The molecule has 0 saturated heterocycles. The third-order valence-corrected chi connectivity index (χ3v) is 3.36. The number of nitrogens with zero attached hydrogens (tertiary/aromatic N) is 1. The van der Waals surface area contributed by atoms with Crippen LogP contribution in [0.1, 0.15) is 16.1 Å². The third kappa shape index (κ3) is 3.54. The number of halogens is 1. The number of carbonyl (C=O) groups is 1. The van der Waals surface area contributed by atoms with E-state index in [1.54, 1.807) is 31.5 Å². The molecule has 2 rings (SSSR count). The van der Waals surface area contributed by atoms with Crippen molar-refractivity contribution in [3.05, 3.63) is 58.3 Å². The molecule has 0 aliphatic carbocycles. The first-order valence-corrected chi connectivity index (χ1v) is 6.51. The smallest absolute Gasteiger partial charge is 0.270 e. The van der Waals surface area contributed by atoms with Crippen LogP contribution < -0.4 is 10.1 Å². The van der Waals surface area contributed by atoms with E-state index in [-0.39, 0.29) is 5.91 Å². The summed E-state index contributed by atoms with van der Waals surface area (Å²) in [6.45, 7) is 0.410. The van der Waals surface area contributed by atoms with Gasteiger partial charge in [-0.05, 0) is 35.9 Å². The molecule has 19 heavy (non-hydrogen) atoms. The largest absolute Gasteiger partial charge is 0.497 e. The van der Waals surface area contributed by atoms with E-state index in [2.05, 4.69) is 26.2 Å². The third-order valence-electron chi connectivity index (χ3n) is 2.59. The molecule has 1 heterocycles. The number of methoxy groups -OCH3 is 1. The molecule has 5 heteroatoms. The molecule has 0 aliphatic rings. The Morgan fingerprint density at radius 2 is 2.21 bits per heavy atom. The molecule has 4 nitrogen and oxygen atoms in total. The van der Waals surface area contributed by atoms with Crippen LogP contribution in [0, 0.1) is 0 Å². The summed E-state index contributed by atoms with van der Waals surface area (Å²) in [5.74, 6) is 0.556. The molecular formula is C14H13BrN2O2. The molecule has 0 radical (unpaired) electrons. The minimum Gasteiger partial charge on any atom is -0.497 e. The number of aromatic nitrogens is 1. The number of ether oxygens (including phenoxy) is 1. The van der Waals surface area contributed by atoms with Gasteiger partial charge in [0.15, 0.2) is 0 Å². The minimum atomic E-state index is -0.199. The first-order chi connectivity index (χ1) is 9.20. The number of hydrogen-bond acceptors (Lipinski definition) is 3. The van der Waals surface area contributed by atoms with Crippen LogP contribution in [0.25, 0.3) is 0 Å². The lowest BCUT2D eigenvalue weighted by Crippen LogP contribution is -2.23. The van der Waals surface area contributed by atoms with Crippen LogP contribution in [0.4, 0.5) is 0 Å². The second kappa shape index (κ2) is 6.33. The Balaban J connectivity index is 2.05. The summed E-state index contributed by atoms with van der Waals surface area (Å²) in [4.78, 5) is 15.9. The minimum absolute atomic E-state index is 0.199. The summed E-state index contributed by atoms with van der Waals surface area (Å²) in [7, 11) is 1.61. The highest BCUT2D eigenvalue weighted by molar-refractivity contribution is 9.10. The van der Waals surface area contributed by atoms with Gasteiger partial charge in [0.1, 0.15) is 11.4 Å². The van der Waals surface area contributed by atoms with Gasteiger partial charge in [-0.15, -0.1) is 0 Å². The van der Waals surface area contributed by atoms with Crippen LogP contribution in [-0.4, -0.2) is 18.0 Å². The van der Waals surface area contributed by atoms with E-state index in [4.69, 9.17) is 4.74 Å². The molecule has 2 aromatic rings. The number of rotatable bonds is 4. The van der Waals surface area contributed by atoms with E-state index in [0.717, 1.165) is 15.8 Å². The van der Waals surface area contributed by atoms with Gasteiger partial charge in [0.25, 0.3) is 5.91 Å². The van der Waals surface area contributed by atoms with Crippen LogP contribution in [0.3, 0.4) is 0 Å². The van der Waals surface area contributed by atoms with Gasteiger partial charge in [-0.1, -0.05) is 22.0 Å². The van der Waals surface area contributed by atoms with Crippen molar-refractivity contribution in [1.29, 1.82) is 0 Å². The Morgan fingerprint density at radius 3 is 2.89 bits per heavy atom. The maximum Gasteiger partial charge on any atom is 0.270 e. The van der Waals surface area contributed by atoms with E-state index in [0.29, 0.717) is 12.2 Å². The van der Waals surface area contributed by atoms with Crippen molar-refractivity contribution in [3.63, 3.8) is 0 Å². The molecular weight excluding hydrogens is 308 g/mol. The number of hydrogen-bond donors (Lipinski definition) is 1. The van der Waals surface area contributed by atoms with Crippen molar-refractivity contribution in [3.8, 4) is 5.75 Å². The number of pyridine rings is 1. The van der Waals surface area contributed by atoms with Gasteiger partial charge >= 0.3 is 0 Å². The Hall–Kier alpha value is -1.88. The number of nitrogens with one attached hydrogen (secondary N) is 1. The zero-order valence-corrected chi connectivity index (χ0v) is 12.0. The zero-order valence-electron chi connectivity index (χ0n) is 10.4. The summed E-state index contributed by atoms with van der Waals surface area (Å²) in [5, 5.41) is 2.82. The molecule has 0 unspecified atom stereocenters. The maximum absolute atomic E-state index is 11.9. The average Bonchev–Trinajstić information content (AvgIpc) is 2.47. The molecule has 0 spiro atoms. The number of benzene rings is 1. The molecule has 0 fully saturated rings. The van der Waals surface area contributed by atoms with Gasteiger partial charge in [-0.2, -0.15) is 0 Å². The lowest BCUT2D eigenvalue weighted by Gasteiger charge is -2.08. The molecule has 1 aromatic carbocycles. The summed E-state index contributed by atoms with van der Waals surface area (Å²) in [5.41, 5.74) is 1.35. The van der Waals surface area contributed by atoms with Crippen molar-refractivity contribution < 1.29 is 9.53 Å². The molecule has 1 aromatic heterocycles. The van der Waals surface area contributed by atoms with Crippen molar-refractivity contribution in [2.45, 2.75) is 6.54 Å². The fourth-order valence-electron chi connectivity index (χ4n) is 1.58. The molecule has 0 bridgehead atoms. The summed E-state index contributed by atoms with van der Waals surface area (Å²) < 4.78 is 6.08. The summed E-state index contributed by atoms with van der Waals surface area (Å²) in [6, 6.07) is 10.9. The molecule has 0 aliphatic heterocycles. The second-order valence-corrected chi connectivity index (χ2v) is 4.71. The Morgan fingerprint density at radius 1 is 1.37 bits per heavy atom. The van der Waals surface area contributed by atoms with Gasteiger partial charge in [-0.25, -0.2) is 0 Å². The van der Waals surface area contributed by atoms with Crippen molar-refractivity contribution in [2.75, 3.05) is 7.11 Å². The quantitative estimate of drug-likeness (QED) is 0.942.